The van der Waals surface area contributed by atoms with Crippen molar-refractivity contribution in [2.75, 3.05) is 13.7 Å². The average Bonchev–Trinajstić information content (AvgIpc) is 3.17. The van der Waals surface area contributed by atoms with Crippen LogP contribution in [0.2, 0.25) is 0 Å². The van der Waals surface area contributed by atoms with Crippen molar-refractivity contribution in [3.63, 3.8) is 0 Å². The van der Waals surface area contributed by atoms with Crippen LogP contribution < -0.4 is 25.6 Å². The molecule has 2 aromatic rings. The Morgan fingerprint density at radius 2 is 1.96 bits per heavy atom. The lowest BCUT2D eigenvalue weighted by molar-refractivity contribution is -0.123. The van der Waals surface area contributed by atoms with Gasteiger partial charge < -0.3 is 14.8 Å². The number of nitrogens with one attached hydrogen (secondary N) is 3. The fourth-order valence-electron chi connectivity index (χ4n) is 3.03. The summed E-state index contributed by atoms with van der Waals surface area (Å²) in [6, 6.07) is 15.4. The van der Waals surface area contributed by atoms with Gasteiger partial charge in [-0.15, -0.1) is 0 Å². The molecule has 1 saturated heterocycles. The molecule has 0 bridgehead atoms. The zero-order valence-electron chi connectivity index (χ0n) is 15.1. The van der Waals surface area contributed by atoms with Crippen LogP contribution in [0, 0.1) is 0 Å². The molecule has 0 spiro atoms. The SMILES string of the molecule is CCOc1cccc(CNC(=O)C2CC(c3cccc(OC)c3)NN2)c1. The summed E-state index contributed by atoms with van der Waals surface area (Å²) in [5.74, 6) is 1.61. The summed E-state index contributed by atoms with van der Waals surface area (Å²) in [5.41, 5.74) is 8.38. The summed E-state index contributed by atoms with van der Waals surface area (Å²) in [4.78, 5) is 12.5. The van der Waals surface area contributed by atoms with Gasteiger partial charge in [-0.2, -0.15) is 0 Å². The van der Waals surface area contributed by atoms with E-state index in [1.807, 2.05) is 55.5 Å². The van der Waals surface area contributed by atoms with Crippen molar-refractivity contribution in [3.05, 3.63) is 59.7 Å². The first-order chi connectivity index (χ1) is 12.7. The Balaban J connectivity index is 1.53. The molecule has 3 rings (SSSR count). The molecule has 0 aliphatic carbocycles. The van der Waals surface area contributed by atoms with E-state index >= 15 is 0 Å². The predicted molar refractivity (Wildman–Crippen MR) is 99.9 cm³/mol. The number of hydrogen-bond donors (Lipinski definition) is 3. The molecular formula is C20H25N3O3. The number of amides is 1. The minimum Gasteiger partial charge on any atom is -0.497 e. The van der Waals surface area contributed by atoms with E-state index in [2.05, 4.69) is 16.2 Å². The van der Waals surface area contributed by atoms with E-state index in [9.17, 15) is 4.79 Å². The van der Waals surface area contributed by atoms with Gasteiger partial charge in [-0.25, -0.2) is 10.9 Å². The molecule has 0 aromatic heterocycles. The molecule has 1 aliphatic rings. The fraction of sp³-hybridized carbons (Fsp3) is 0.350. The minimum atomic E-state index is -0.277. The van der Waals surface area contributed by atoms with Crippen LogP contribution in [-0.2, 0) is 11.3 Å². The Kier molecular flexibility index (Phi) is 6.09. The molecule has 6 heteroatoms. The van der Waals surface area contributed by atoms with E-state index in [1.54, 1.807) is 7.11 Å². The first-order valence-corrected chi connectivity index (χ1v) is 8.84. The minimum absolute atomic E-state index is 0.0234. The molecule has 1 fully saturated rings. The van der Waals surface area contributed by atoms with Gasteiger partial charge in [-0.1, -0.05) is 24.3 Å². The maximum Gasteiger partial charge on any atom is 0.238 e. The standard InChI is InChI=1S/C20H25N3O3/c1-3-26-17-9-4-6-14(10-17)13-21-20(24)19-12-18(22-23-19)15-7-5-8-16(11-15)25-2/h4-11,18-19,22-23H,3,12-13H2,1-2H3,(H,21,24). The number of methoxy groups -OCH3 is 1. The number of hydrogen-bond acceptors (Lipinski definition) is 5. The van der Waals surface area contributed by atoms with Gasteiger partial charge in [0.25, 0.3) is 0 Å². The highest BCUT2D eigenvalue weighted by Gasteiger charge is 2.30. The zero-order chi connectivity index (χ0) is 18.4. The third kappa shape index (κ3) is 4.53. The third-order valence-corrected chi connectivity index (χ3v) is 4.39. The van der Waals surface area contributed by atoms with Crippen LogP contribution in [0.15, 0.2) is 48.5 Å². The monoisotopic (exact) mass is 355 g/mol. The molecular weight excluding hydrogens is 330 g/mol. The van der Waals surface area contributed by atoms with Crippen LogP contribution in [0.3, 0.4) is 0 Å². The zero-order valence-corrected chi connectivity index (χ0v) is 15.1. The fourth-order valence-corrected chi connectivity index (χ4v) is 3.03. The molecule has 138 valence electrons. The van der Waals surface area contributed by atoms with Gasteiger partial charge in [0, 0.05) is 12.6 Å². The number of benzene rings is 2. The normalized spacial score (nSPS) is 19.2. The van der Waals surface area contributed by atoms with Gasteiger partial charge in [-0.3, -0.25) is 4.79 Å². The van der Waals surface area contributed by atoms with Crippen molar-refractivity contribution < 1.29 is 14.3 Å². The van der Waals surface area contributed by atoms with Crippen LogP contribution in [-0.4, -0.2) is 25.7 Å². The predicted octanol–water partition coefficient (Wildman–Crippen LogP) is 2.32. The molecule has 1 amide bonds. The van der Waals surface area contributed by atoms with Gasteiger partial charge in [-0.05, 0) is 48.7 Å². The van der Waals surface area contributed by atoms with E-state index in [0.29, 0.717) is 19.6 Å². The lowest BCUT2D eigenvalue weighted by Crippen LogP contribution is -2.42. The summed E-state index contributed by atoms with van der Waals surface area (Å²) in [7, 11) is 1.65. The second kappa shape index (κ2) is 8.69. The maximum atomic E-state index is 12.5. The number of carbonyl (C=O) groups excluding carboxylic acids is 1. The second-order valence-electron chi connectivity index (χ2n) is 6.20. The van der Waals surface area contributed by atoms with Gasteiger partial charge >= 0.3 is 0 Å². The summed E-state index contributed by atoms with van der Waals surface area (Å²) in [6.07, 6.45) is 0.679. The van der Waals surface area contributed by atoms with Gasteiger partial charge in [0.2, 0.25) is 5.91 Å². The Morgan fingerprint density at radius 3 is 2.77 bits per heavy atom. The molecule has 2 unspecified atom stereocenters. The van der Waals surface area contributed by atoms with Crippen molar-refractivity contribution in [2.24, 2.45) is 0 Å². The number of rotatable bonds is 7. The highest BCUT2D eigenvalue weighted by molar-refractivity contribution is 5.82. The van der Waals surface area contributed by atoms with Gasteiger partial charge in [0.1, 0.15) is 17.5 Å². The average molecular weight is 355 g/mol. The Morgan fingerprint density at radius 1 is 1.15 bits per heavy atom. The first-order valence-electron chi connectivity index (χ1n) is 8.84. The third-order valence-electron chi connectivity index (χ3n) is 4.39. The molecule has 0 radical (unpaired) electrons. The number of carbonyl (C=O) groups is 1. The van der Waals surface area contributed by atoms with E-state index in [1.165, 1.54) is 0 Å². The van der Waals surface area contributed by atoms with Crippen LogP contribution in [0.25, 0.3) is 0 Å². The van der Waals surface area contributed by atoms with Crippen LogP contribution in [0.1, 0.15) is 30.5 Å². The van der Waals surface area contributed by atoms with Gasteiger partial charge in [0.15, 0.2) is 0 Å². The van der Waals surface area contributed by atoms with Crippen molar-refractivity contribution in [2.45, 2.75) is 32.0 Å². The van der Waals surface area contributed by atoms with Gasteiger partial charge in [0.05, 0.1) is 13.7 Å². The van der Waals surface area contributed by atoms with E-state index < -0.39 is 0 Å². The number of hydrazine groups is 1. The molecule has 2 aromatic carbocycles. The molecule has 26 heavy (non-hydrogen) atoms. The molecule has 1 heterocycles. The molecule has 6 nitrogen and oxygen atoms in total. The lowest BCUT2D eigenvalue weighted by Gasteiger charge is -2.12. The van der Waals surface area contributed by atoms with Crippen molar-refractivity contribution >= 4 is 5.91 Å². The summed E-state index contributed by atoms with van der Waals surface area (Å²) < 4.78 is 10.8. The molecule has 3 N–H and O–H groups in total. The molecule has 2 atom stereocenters. The van der Waals surface area contributed by atoms with Crippen molar-refractivity contribution in [1.82, 2.24) is 16.2 Å². The van der Waals surface area contributed by atoms with Crippen molar-refractivity contribution in [1.29, 1.82) is 0 Å². The van der Waals surface area contributed by atoms with E-state index in [0.717, 1.165) is 22.6 Å². The lowest BCUT2D eigenvalue weighted by atomic mass is 10.0. The molecule has 1 aliphatic heterocycles. The Hall–Kier alpha value is -2.57. The molecule has 0 saturated carbocycles. The van der Waals surface area contributed by atoms with Crippen LogP contribution in [0.4, 0.5) is 0 Å². The maximum absolute atomic E-state index is 12.5. The van der Waals surface area contributed by atoms with Crippen LogP contribution >= 0.6 is 0 Å². The summed E-state index contributed by atoms with van der Waals surface area (Å²) in [5, 5.41) is 2.98. The summed E-state index contributed by atoms with van der Waals surface area (Å²) >= 11 is 0. The topological polar surface area (TPSA) is 71.6 Å². The largest absolute Gasteiger partial charge is 0.497 e. The quantitative estimate of drug-likeness (QED) is 0.711. The second-order valence-corrected chi connectivity index (χ2v) is 6.20. The number of ether oxygens (including phenoxy) is 2. The van der Waals surface area contributed by atoms with E-state index in [4.69, 9.17) is 9.47 Å². The highest BCUT2D eigenvalue weighted by atomic mass is 16.5. The van der Waals surface area contributed by atoms with Crippen molar-refractivity contribution in [3.8, 4) is 11.5 Å². The summed E-state index contributed by atoms with van der Waals surface area (Å²) in [6.45, 7) is 3.05. The smallest absolute Gasteiger partial charge is 0.238 e. The first kappa shape index (κ1) is 18.2. The Labute approximate surface area is 153 Å². The highest BCUT2D eigenvalue weighted by Crippen LogP contribution is 2.25. The Bertz CT molecular complexity index is 751. The van der Waals surface area contributed by atoms with Crippen LogP contribution in [0.5, 0.6) is 11.5 Å². The van der Waals surface area contributed by atoms with E-state index in [-0.39, 0.29) is 18.0 Å².